The topological polar surface area (TPSA) is 274 Å². The van der Waals surface area contributed by atoms with E-state index in [1.54, 1.807) is 6.92 Å². The number of hydrogen-bond donors (Lipinski definition) is 6. The van der Waals surface area contributed by atoms with Gasteiger partial charge in [-0.25, -0.2) is 20.0 Å². The third kappa shape index (κ3) is 8.73. The van der Waals surface area contributed by atoms with Crippen LogP contribution in [0.1, 0.15) is 40.9 Å². The van der Waals surface area contributed by atoms with Gasteiger partial charge in [-0.15, -0.1) is 33.3 Å². The third-order valence-corrected chi connectivity index (χ3v) is 10.9. The lowest BCUT2D eigenvalue weighted by atomic mass is 10.0. The number of thiazole rings is 1. The number of carboxylic acids is 1. The molecule has 0 aliphatic carbocycles. The van der Waals surface area contributed by atoms with Crippen molar-refractivity contribution in [3.8, 4) is 11.5 Å². The second-order valence-electron chi connectivity index (χ2n) is 10.5. The summed E-state index contributed by atoms with van der Waals surface area (Å²) in [5, 5.41) is 24.4. The average molecular weight is 778 g/mol. The van der Waals surface area contributed by atoms with Gasteiger partial charge in [-0.3, -0.25) is 34.3 Å². The summed E-state index contributed by atoms with van der Waals surface area (Å²) in [6, 6.07) is -0.128. The molecule has 3 aromatic rings. The Morgan fingerprint density at radius 3 is 2.45 bits per heavy atom. The van der Waals surface area contributed by atoms with Gasteiger partial charge >= 0.3 is 23.9 Å². The van der Waals surface area contributed by atoms with Crippen LogP contribution in [0.3, 0.4) is 0 Å². The van der Waals surface area contributed by atoms with E-state index in [2.05, 4.69) is 36.7 Å². The normalized spacial score (nSPS) is 17.0. The first-order valence-corrected chi connectivity index (χ1v) is 18.2. The second kappa shape index (κ2) is 15.7. The molecule has 51 heavy (non-hydrogen) atoms. The van der Waals surface area contributed by atoms with E-state index in [-0.39, 0.29) is 45.1 Å². The summed E-state index contributed by atoms with van der Waals surface area (Å²) in [5.41, 5.74) is 10.3. The summed E-state index contributed by atoms with van der Waals surface area (Å²) in [5.74, 6) is -4.93. The number of aliphatic carboxylic acids is 1. The number of aryl methyl sites for hydroxylation is 1. The minimum atomic E-state index is -1.50. The van der Waals surface area contributed by atoms with Crippen LogP contribution in [0.25, 0.3) is 0 Å². The molecular formula is C28H27N9O10S4. The number of urea groups is 1. The first-order chi connectivity index (χ1) is 24.2. The number of fused-ring (bicyclic) bond motifs is 1. The van der Waals surface area contributed by atoms with Crippen molar-refractivity contribution in [1.29, 1.82) is 0 Å². The molecule has 7 N–H and O–H groups in total. The van der Waals surface area contributed by atoms with Crippen molar-refractivity contribution < 1.29 is 48.1 Å². The molecular weight excluding hydrogens is 751 g/mol. The van der Waals surface area contributed by atoms with Gasteiger partial charge < -0.3 is 30.9 Å². The molecule has 268 valence electrons. The molecule has 2 aliphatic rings. The number of nitrogens with one attached hydrogen (secondary N) is 4. The van der Waals surface area contributed by atoms with Gasteiger partial charge in [-0.2, -0.15) is 0 Å². The molecule has 2 aliphatic heterocycles. The van der Waals surface area contributed by atoms with Crippen molar-refractivity contribution in [3.63, 3.8) is 0 Å². The highest BCUT2D eigenvalue weighted by atomic mass is 32.2. The fourth-order valence-corrected chi connectivity index (χ4v) is 8.59. The number of rotatable bonds is 11. The number of amides is 5. The Balaban J connectivity index is 1.24. The van der Waals surface area contributed by atoms with Crippen molar-refractivity contribution in [2.75, 3.05) is 17.2 Å². The number of carbonyl (C=O) groups excluding carboxylic acids is 6. The van der Waals surface area contributed by atoms with Crippen molar-refractivity contribution in [1.82, 2.24) is 41.6 Å². The van der Waals surface area contributed by atoms with Crippen LogP contribution in [0.2, 0.25) is 0 Å². The summed E-state index contributed by atoms with van der Waals surface area (Å²) in [7, 11) is 0. The first kappa shape index (κ1) is 37.0. The number of thioether (sulfide) groups is 2. The van der Waals surface area contributed by atoms with Crippen molar-refractivity contribution in [3.05, 3.63) is 51.1 Å². The van der Waals surface area contributed by atoms with Gasteiger partial charge in [-0.1, -0.05) is 23.1 Å². The smallest absolute Gasteiger partial charge is 0.352 e. The van der Waals surface area contributed by atoms with Crippen LogP contribution in [0, 0.1) is 6.92 Å². The highest BCUT2D eigenvalue weighted by Crippen LogP contribution is 2.42. The minimum absolute atomic E-state index is 0.0285. The molecule has 0 saturated carbocycles. The maximum absolute atomic E-state index is 13.5. The molecule has 2 unspecified atom stereocenters. The second-order valence-corrected chi connectivity index (χ2v) is 14.9. The lowest BCUT2D eigenvalue weighted by Crippen LogP contribution is -2.71. The molecule has 2 aromatic heterocycles. The molecule has 23 heteroatoms. The van der Waals surface area contributed by atoms with E-state index in [1.165, 1.54) is 52.4 Å². The molecule has 0 spiro atoms. The molecule has 4 heterocycles. The predicted molar refractivity (Wildman–Crippen MR) is 183 cm³/mol. The Morgan fingerprint density at radius 2 is 1.82 bits per heavy atom. The number of β-lactam (4-membered cyclic amide) rings is 1. The van der Waals surface area contributed by atoms with Crippen LogP contribution in [0.5, 0.6) is 11.5 Å². The van der Waals surface area contributed by atoms with E-state index in [0.717, 1.165) is 41.2 Å². The SMILES string of the molecule is CC(=O)Oc1ccc(C(=O)NNC(=O)NC(C(=O)NC2C(=O)N3C(C(=O)O)=C(CSc4nnc(C)s4)CS[C@@H]23)c2csc(N)n2)cc1OC(C)=O. The van der Waals surface area contributed by atoms with Gasteiger partial charge in [0, 0.05) is 36.3 Å². The fourth-order valence-electron chi connectivity index (χ4n) is 4.70. The summed E-state index contributed by atoms with van der Waals surface area (Å²) in [6.07, 6.45) is 0. The Morgan fingerprint density at radius 1 is 1.10 bits per heavy atom. The zero-order valence-electron chi connectivity index (χ0n) is 26.6. The molecule has 5 amide bonds. The number of hydrazine groups is 1. The third-order valence-electron chi connectivity index (χ3n) is 6.80. The van der Waals surface area contributed by atoms with E-state index in [1.807, 2.05) is 0 Å². The quantitative estimate of drug-likeness (QED) is 0.0520. The number of anilines is 1. The largest absolute Gasteiger partial charge is 0.477 e. The highest BCUT2D eigenvalue weighted by molar-refractivity contribution is 8.01. The van der Waals surface area contributed by atoms with Crippen LogP contribution >= 0.6 is 46.2 Å². The van der Waals surface area contributed by atoms with Gasteiger partial charge in [0.1, 0.15) is 22.1 Å². The van der Waals surface area contributed by atoms with E-state index in [4.69, 9.17) is 15.2 Å². The number of carboxylic acid groups (broad SMARTS) is 1. The predicted octanol–water partition coefficient (Wildman–Crippen LogP) is 0.952. The zero-order chi connectivity index (χ0) is 37.0. The lowest BCUT2D eigenvalue weighted by Gasteiger charge is -2.49. The molecule has 1 aromatic carbocycles. The number of nitrogens with two attached hydrogens (primary N) is 1. The van der Waals surface area contributed by atoms with E-state index >= 15 is 0 Å². The Kier molecular flexibility index (Phi) is 11.4. The van der Waals surface area contributed by atoms with Gasteiger partial charge in [0.2, 0.25) is 5.91 Å². The molecule has 1 saturated heterocycles. The van der Waals surface area contributed by atoms with Crippen LogP contribution in [0.4, 0.5) is 9.93 Å². The van der Waals surface area contributed by atoms with E-state index in [0.29, 0.717) is 9.91 Å². The Hall–Kier alpha value is -5.26. The highest BCUT2D eigenvalue weighted by Gasteiger charge is 2.54. The van der Waals surface area contributed by atoms with Gasteiger partial charge in [0.05, 0.1) is 5.69 Å². The monoisotopic (exact) mass is 777 g/mol. The van der Waals surface area contributed by atoms with Crippen LogP contribution in [0.15, 0.2) is 39.2 Å². The lowest BCUT2D eigenvalue weighted by molar-refractivity contribution is -0.151. The summed E-state index contributed by atoms with van der Waals surface area (Å²) >= 11 is 4.93. The summed E-state index contributed by atoms with van der Waals surface area (Å²) < 4.78 is 10.6. The van der Waals surface area contributed by atoms with Crippen molar-refractivity contribution >= 4 is 93.0 Å². The van der Waals surface area contributed by atoms with Gasteiger partial charge in [-0.05, 0) is 30.7 Å². The number of aromatic nitrogens is 3. The fraction of sp³-hybridized carbons (Fsp3) is 0.286. The maximum Gasteiger partial charge on any atom is 0.352 e. The number of ether oxygens (including phenoxy) is 2. The van der Waals surface area contributed by atoms with Crippen molar-refractivity contribution in [2.45, 2.75) is 42.6 Å². The number of carbonyl (C=O) groups is 7. The molecule has 0 bridgehead atoms. The molecule has 0 radical (unpaired) electrons. The number of benzene rings is 1. The first-order valence-electron chi connectivity index (χ1n) is 14.4. The maximum atomic E-state index is 13.5. The molecule has 5 rings (SSSR count). The standard InChI is InChI=1S/C28H27N9O10S4/c1-10-33-36-28(51-10)50-8-14-7-48-24-19(23(42)37(24)20(14)25(43)44)31-22(41)18(15-9-49-26(29)30-15)32-27(45)35-34-21(40)13-4-5-16(46-11(2)38)17(6-13)47-12(3)39/h4-6,9,18-19,24H,7-8H2,1-3H3,(H2,29,30)(H,31,41)(H,34,40)(H,43,44)(H2,32,35,45)/t18?,19?,24-/m0/s1. The van der Waals surface area contributed by atoms with E-state index in [9.17, 15) is 38.7 Å². The van der Waals surface area contributed by atoms with Crippen LogP contribution in [-0.2, 0) is 24.0 Å². The Bertz CT molecular complexity index is 1960. The van der Waals surface area contributed by atoms with E-state index < -0.39 is 59.1 Å². The van der Waals surface area contributed by atoms with Crippen LogP contribution in [-0.4, -0.2) is 89.8 Å². The number of hydrogen-bond acceptors (Lipinski definition) is 17. The molecule has 3 atom stereocenters. The summed E-state index contributed by atoms with van der Waals surface area (Å²) in [4.78, 5) is 92.8. The van der Waals surface area contributed by atoms with Gasteiger partial charge in [0.25, 0.3) is 11.8 Å². The minimum Gasteiger partial charge on any atom is -0.477 e. The van der Waals surface area contributed by atoms with Gasteiger partial charge in [0.15, 0.2) is 27.0 Å². The van der Waals surface area contributed by atoms with Crippen molar-refractivity contribution in [2.24, 2.45) is 0 Å². The zero-order valence-corrected chi connectivity index (χ0v) is 29.8. The summed E-state index contributed by atoms with van der Waals surface area (Å²) in [6.45, 7) is 4.04. The average Bonchev–Trinajstić information content (AvgIpc) is 3.70. The molecule has 19 nitrogen and oxygen atoms in total. The number of nitrogen functional groups attached to an aromatic ring is 1. The molecule has 1 fully saturated rings. The van der Waals surface area contributed by atoms with Crippen LogP contribution < -0.4 is 36.7 Å². The number of esters is 2. The Labute approximate surface area is 304 Å². The number of nitrogens with zero attached hydrogens (tertiary/aromatic N) is 4.